The van der Waals surface area contributed by atoms with Crippen LogP contribution >= 0.6 is 27.5 Å². The van der Waals surface area contributed by atoms with E-state index in [1.54, 1.807) is 23.1 Å². The number of halogens is 2. The molecule has 3 unspecified atom stereocenters. The van der Waals surface area contributed by atoms with Gasteiger partial charge in [-0.1, -0.05) is 65.1 Å². The Kier molecular flexibility index (Phi) is 8.95. The van der Waals surface area contributed by atoms with Crippen LogP contribution in [0.15, 0.2) is 57.9 Å². The van der Waals surface area contributed by atoms with Crippen LogP contribution in [0.1, 0.15) is 57.4 Å². The molecule has 5 rings (SSSR count). The first-order valence-corrected chi connectivity index (χ1v) is 16.9. The van der Waals surface area contributed by atoms with Gasteiger partial charge in [0.15, 0.2) is 9.84 Å². The van der Waals surface area contributed by atoms with Gasteiger partial charge in [0, 0.05) is 29.6 Å². The summed E-state index contributed by atoms with van der Waals surface area (Å²) in [6, 6.07) is 12.9. The van der Waals surface area contributed by atoms with E-state index in [1.165, 1.54) is 6.07 Å². The highest BCUT2D eigenvalue weighted by Gasteiger charge is 2.56. The standard InChI is InChI=1S/C30H35BrClN3O5S/c1-2-5-25(27(36)28(37)34-21-12-13-21)33-17-22-16-23(41(39,40)26-7-4-3-6-24(26)32)18-35(22)29(38)30(14-15-30)19-8-10-20(31)11-9-19/h3-4,6-11,21-23,25,33H,2,5,12-18H2,1H3,(H,34,37). The number of hydrogen-bond donors (Lipinski definition) is 2. The molecule has 3 aliphatic rings. The van der Waals surface area contributed by atoms with Gasteiger partial charge in [0.2, 0.25) is 11.7 Å². The van der Waals surface area contributed by atoms with Crippen molar-refractivity contribution in [3.05, 3.63) is 63.6 Å². The van der Waals surface area contributed by atoms with Gasteiger partial charge in [-0.15, -0.1) is 0 Å². The summed E-state index contributed by atoms with van der Waals surface area (Å²) in [6.45, 7) is 2.17. The molecule has 1 aliphatic heterocycles. The molecule has 8 nitrogen and oxygen atoms in total. The largest absolute Gasteiger partial charge is 0.347 e. The summed E-state index contributed by atoms with van der Waals surface area (Å²) in [4.78, 5) is 41.4. The lowest BCUT2D eigenvalue weighted by atomic mass is 9.94. The van der Waals surface area contributed by atoms with Crippen LogP contribution in [0.2, 0.25) is 5.02 Å². The van der Waals surface area contributed by atoms with E-state index in [4.69, 9.17) is 11.6 Å². The molecule has 2 aliphatic carbocycles. The second-order valence-electron chi connectivity index (χ2n) is 11.4. The molecule has 2 aromatic rings. The maximum absolute atomic E-state index is 14.2. The molecular formula is C30H35BrClN3O5S. The van der Waals surface area contributed by atoms with Crippen molar-refractivity contribution in [1.82, 2.24) is 15.5 Å². The highest BCUT2D eigenvalue weighted by molar-refractivity contribution is 9.10. The number of likely N-dealkylation sites (tertiary alicyclic amines) is 1. The minimum absolute atomic E-state index is 0.0333. The Hall–Kier alpha value is -2.27. The van der Waals surface area contributed by atoms with Gasteiger partial charge in [0.05, 0.1) is 26.6 Å². The van der Waals surface area contributed by atoms with Crippen LogP contribution in [-0.4, -0.2) is 67.4 Å². The third kappa shape index (κ3) is 6.40. The summed E-state index contributed by atoms with van der Waals surface area (Å²) in [5.41, 5.74) is 0.218. The fraction of sp³-hybridized carbons (Fsp3) is 0.500. The Labute approximate surface area is 254 Å². The lowest BCUT2D eigenvalue weighted by molar-refractivity contribution is -0.139. The number of ketones is 1. The van der Waals surface area contributed by atoms with Crippen LogP contribution < -0.4 is 10.6 Å². The molecule has 3 fully saturated rings. The van der Waals surface area contributed by atoms with Crippen LogP contribution in [0.4, 0.5) is 0 Å². The number of amides is 2. The lowest BCUT2D eigenvalue weighted by Gasteiger charge is -2.30. The molecule has 220 valence electrons. The Morgan fingerprint density at radius 1 is 1.10 bits per heavy atom. The number of nitrogens with zero attached hydrogens (tertiary/aromatic N) is 1. The average molecular weight is 665 g/mol. The smallest absolute Gasteiger partial charge is 0.289 e. The Bertz CT molecular complexity index is 1430. The van der Waals surface area contributed by atoms with Crippen LogP contribution in [0.5, 0.6) is 0 Å². The zero-order chi connectivity index (χ0) is 29.4. The van der Waals surface area contributed by atoms with E-state index in [9.17, 15) is 22.8 Å². The first-order chi connectivity index (χ1) is 19.6. The molecule has 1 saturated heterocycles. The minimum Gasteiger partial charge on any atom is -0.347 e. The Balaban J connectivity index is 1.39. The van der Waals surface area contributed by atoms with Crippen molar-refractivity contribution in [2.45, 2.75) is 85.6 Å². The summed E-state index contributed by atoms with van der Waals surface area (Å²) >= 11 is 9.74. The molecule has 2 saturated carbocycles. The normalized spacial score (nSPS) is 22.3. The summed E-state index contributed by atoms with van der Waals surface area (Å²) in [5.74, 6) is -1.22. The predicted molar refractivity (Wildman–Crippen MR) is 160 cm³/mol. The summed E-state index contributed by atoms with van der Waals surface area (Å²) in [7, 11) is -3.84. The fourth-order valence-electron chi connectivity index (χ4n) is 5.73. The van der Waals surface area contributed by atoms with Crippen molar-refractivity contribution in [1.29, 1.82) is 0 Å². The van der Waals surface area contributed by atoms with Gasteiger partial charge in [0.25, 0.3) is 5.91 Å². The molecule has 2 aromatic carbocycles. The van der Waals surface area contributed by atoms with E-state index < -0.39 is 44.3 Å². The van der Waals surface area contributed by atoms with Crippen molar-refractivity contribution < 1.29 is 22.8 Å². The van der Waals surface area contributed by atoms with E-state index >= 15 is 0 Å². The number of sulfone groups is 1. The Morgan fingerprint density at radius 2 is 1.78 bits per heavy atom. The van der Waals surface area contributed by atoms with Gasteiger partial charge in [-0.3, -0.25) is 14.4 Å². The number of rotatable bonds is 12. The van der Waals surface area contributed by atoms with E-state index in [-0.39, 0.29) is 41.4 Å². The first-order valence-electron chi connectivity index (χ1n) is 14.2. The maximum atomic E-state index is 14.2. The maximum Gasteiger partial charge on any atom is 0.289 e. The van der Waals surface area contributed by atoms with Gasteiger partial charge in [-0.2, -0.15) is 0 Å². The minimum atomic E-state index is -3.84. The van der Waals surface area contributed by atoms with Crippen molar-refractivity contribution in [3.63, 3.8) is 0 Å². The van der Waals surface area contributed by atoms with Gasteiger partial charge in [-0.25, -0.2) is 8.42 Å². The predicted octanol–water partition coefficient (Wildman–Crippen LogP) is 4.18. The lowest BCUT2D eigenvalue weighted by Crippen LogP contribution is -2.51. The van der Waals surface area contributed by atoms with Crippen LogP contribution in [-0.2, 0) is 29.6 Å². The van der Waals surface area contributed by atoms with Gasteiger partial charge in [-0.05, 0) is 68.4 Å². The van der Waals surface area contributed by atoms with Gasteiger partial charge < -0.3 is 15.5 Å². The molecule has 3 atom stereocenters. The average Bonchev–Trinajstić information content (AvgIpc) is 3.89. The molecule has 2 amide bonds. The third-order valence-electron chi connectivity index (χ3n) is 8.41. The molecule has 2 N–H and O–H groups in total. The van der Waals surface area contributed by atoms with E-state index in [0.717, 1.165) is 22.9 Å². The number of hydrogen-bond acceptors (Lipinski definition) is 6. The van der Waals surface area contributed by atoms with Crippen molar-refractivity contribution >= 4 is 55.0 Å². The van der Waals surface area contributed by atoms with Crippen molar-refractivity contribution in [3.8, 4) is 0 Å². The summed E-state index contributed by atoms with van der Waals surface area (Å²) in [6.07, 6.45) is 4.47. The van der Waals surface area contributed by atoms with E-state index in [0.29, 0.717) is 25.7 Å². The number of carbonyl (C=O) groups excluding carboxylic acids is 3. The molecule has 41 heavy (non-hydrogen) atoms. The number of benzene rings is 2. The zero-order valence-corrected chi connectivity index (χ0v) is 26.1. The molecular weight excluding hydrogens is 630 g/mol. The highest BCUT2D eigenvalue weighted by atomic mass is 79.9. The van der Waals surface area contributed by atoms with Gasteiger partial charge >= 0.3 is 0 Å². The monoisotopic (exact) mass is 663 g/mol. The molecule has 0 spiro atoms. The topological polar surface area (TPSA) is 113 Å². The third-order valence-corrected chi connectivity index (χ3v) is 11.6. The van der Waals surface area contributed by atoms with Gasteiger partial charge in [0.1, 0.15) is 0 Å². The van der Waals surface area contributed by atoms with Crippen LogP contribution in [0, 0.1) is 0 Å². The highest BCUT2D eigenvalue weighted by Crippen LogP contribution is 2.51. The second kappa shape index (κ2) is 12.1. The summed E-state index contributed by atoms with van der Waals surface area (Å²) < 4.78 is 28.4. The van der Waals surface area contributed by atoms with Crippen LogP contribution in [0.3, 0.4) is 0 Å². The molecule has 0 bridgehead atoms. The number of nitrogens with one attached hydrogen (secondary N) is 2. The Morgan fingerprint density at radius 3 is 2.39 bits per heavy atom. The molecule has 1 heterocycles. The number of Topliss-reactive ketones (excluding diaryl/α,β-unsaturated/α-hetero) is 1. The second-order valence-corrected chi connectivity index (χ2v) is 14.9. The van der Waals surface area contributed by atoms with Crippen molar-refractivity contribution in [2.75, 3.05) is 13.1 Å². The summed E-state index contributed by atoms with van der Waals surface area (Å²) in [5, 5.41) is 5.29. The van der Waals surface area contributed by atoms with E-state index in [1.807, 2.05) is 31.2 Å². The first kappa shape index (κ1) is 30.2. The number of carbonyl (C=O) groups is 3. The SMILES string of the molecule is CCCC(NCC1CC(S(=O)(=O)c2ccccc2Cl)CN1C(=O)C1(c2ccc(Br)cc2)CC1)C(=O)C(=O)NC1CC1. The van der Waals surface area contributed by atoms with Crippen molar-refractivity contribution in [2.24, 2.45) is 0 Å². The molecule has 0 aromatic heterocycles. The van der Waals surface area contributed by atoms with E-state index in [2.05, 4.69) is 26.6 Å². The molecule has 11 heteroatoms. The van der Waals surface area contributed by atoms with Crippen LogP contribution in [0.25, 0.3) is 0 Å². The fourth-order valence-corrected chi connectivity index (χ4v) is 8.25. The zero-order valence-electron chi connectivity index (χ0n) is 22.9. The molecule has 0 radical (unpaired) electrons. The quantitative estimate of drug-likeness (QED) is 0.330.